The van der Waals surface area contributed by atoms with Crippen molar-refractivity contribution in [1.29, 1.82) is 0 Å². The number of carbonyl (C=O) groups is 2. The number of aromatic amines is 1. The highest BCUT2D eigenvalue weighted by atomic mass is 16.4. The standard InChI is InChI=1S/C12H9NO4/c14-11(15)6-9-8-4-2-1-3-7(8)5-10(13-9)12(16)17/h1-5H,6H2,(H,14,15)(H,16,17)/p+1. The predicted molar refractivity (Wildman–Crippen MR) is 58.8 cm³/mol. The van der Waals surface area contributed by atoms with Gasteiger partial charge in [-0.15, -0.1) is 0 Å². The van der Waals surface area contributed by atoms with Gasteiger partial charge in [0.2, 0.25) is 0 Å². The maximum atomic E-state index is 10.9. The van der Waals surface area contributed by atoms with E-state index in [2.05, 4.69) is 4.98 Å². The van der Waals surface area contributed by atoms with E-state index in [4.69, 9.17) is 10.2 Å². The first kappa shape index (κ1) is 11.1. The molecule has 0 amide bonds. The minimum atomic E-state index is -1.11. The maximum absolute atomic E-state index is 10.9. The van der Waals surface area contributed by atoms with Crippen molar-refractivity contribution in [2.45, 2.75) is 6.42 Å². The second kappa shape index (κ2) is 4.21. The predicted octanol–water partition coefficient (Wildman–Crippen LogP) is 0.979. The molecule has 1 aromatic carbocycles. The summed E-state index contributed by atoms with van der Waals surface area (Å²) in [5, 5.41) is 19.1. The lowest BCUT2D eigenvalue weighted by molar-refractivity contribution is -0.392. The first-order valence-corrected chi connectivity index (χ1v) is 4.97. The van der Waals surface area contributed by atoms with E-state index in [-0.39, 0.29) is 12.1 Å². The van der Waals surface area contributed by atoms with Gasteiger partial charge in [-0.1, -0.05) is 18.2 Å². The molecule has 0 bridgehead atoms. The number of H-pyrrole nitrogens is 1. The summed E-state index contributed by atoms with van der Waals surface area (Å²) in [6.45, 7) is 0. The maximum Gasteiger partial charge on any atom is 0.401 e. The third-order valence-electron chi connectivity index (χ3n) is 2.43. The Kier molecular flexibility index (Phi) is 2.74. The topological polar surface area (TPSA) is 88.7 Å². The number of aromatic nitrogens is 1. The molecule has 5 nitrogen and oxygen atoms in total. The fourth-order valence-electron chi connectivity index (χ4n) is 1.73. The monoisotopic (exact) mass is 232 g/mol. The average molecular weight is 232 g/mol. The molecule has 5 heteroatoms. The molecule has 0 aliphatic rings. The number of fused-ring (bicyclic) bond motifs is 1. The zero-order valence-electron chi connectivity index (χ0n) is 8.80. The number of hydrogen-bond acceptors (Lipinski definition) is 2. The van der Waals surface area contributed by atoms with Crippen LogP contribution in [0.15, 0.2) is 30.3 Å². The van der Waals surface area contributed by atoms with Gasteiger partial charge in [-0.25, -0.2) is 9.78 Å². The summed E-state index contributed by atoms with van der Waals surface area (Å²) in [5.41, 5.74) is 0.382. The van der Waals surface area contributed by atoms with Crippen LogP contribution in [0.5, 0.6) is 0 Å². The molecule has 17 heavy (non-hydrogen) atoms. The Morgan fingerprint density at radius 1 is 1.18 bits per heavy atom. The SMILES string of the molecule is O=C(O)Cc1[nH+]c(C(=O)O)cc2ccccc12. The summed E-state index contributed by atoms with van der Waals surface area (Å²) in [4.78, 5) is 24.3. The summed E-state index contributed by atoms with van der Waals surface area (Å²) in [6, 6.07) is 8.56. The number of carboxylic acid groups (broad SMARTS) is 2. The van der Waals surface area contributed by atoms with Crippen LogP contribution < -0.4 is 4.98 Å². The molecule has 0 saturated heterocycles. The van der Waals surface area contributed by atoms with Crippen molar-refractivity contribution < 1.29 is 24.8 Å². The van der Waals surface area contributed by atoms with E-state index in [9.17, 15) is 9.59 Å². The number of carboxylic acids is 2. The fraction of sp³-hybridized carbons (Fsp3) is 0.0833. The average Bonchev–Trinajstić information content (AvgIpc) is 2.28. The molecule has 86 valence electrons. The molecule has 0 unspecified atom stereocenters. The number of benzene rings is 1. The van der Waals surface area contributed by atoms with Crippen molar-refractivity contribution in [3.63, 3.8) is 0 Å². The molecule has 0 radical (unpaired) electrons. The highest BCUT2D eigenvalue weighted by Crippen LogP contribution is 2.16. The van der Waals surface area contributed by atoms with Gasteiger partial charge in [-0.05, 0) is 11.5 Å². The van der Waals surface area contributed by atoms with E-state index in [1.807, 2.05) is 0 Å². The van der Waals surface area contributed by atoms with Crippen LogP contribution in [-0.2, 0) is 11.2 Å². The van der Waals surface area contributed by atoms with Crippen LogP contribution in [0.4, 0.5) is 0 Å². The van der Waals surface area contributed by atoms with Crippen LogP contribution in [0.25, 0.3) is 10.8 Å². The third kappa shape index (κ3) is 2.23. The van der Waals surface area contributed by atoms with E-state index >= 15 is 0 Å². The van der Waals surface area contributed by atoms with Crippen LogP contribution in [0.1, 0.15) is 16.2 Å². The molecular weight excluding hydrogens is 222 g/mol. The van der Waals surface area contributed by atoms with Crippen molar-refractivity contribution in [2.75, 3.05) is 0 Å². The molecule has 0 aliphatic heterocycles. The summed E-state index contributed by atoms with van der Waals surface area (Å²) in [7, 11) is 0. The summed E-state index contributed by atoms with van der Waals surface area (Å²) < 4.78 is 0. The van der Waals surface area contributed by atoms with Gasteiger partial charge in [-0.2, -0.15) is 0 Å². The van der Waals surface area contributed by atoms with E-state index in [0.29, 0.717) is 11.1 Å². The summed E-state index contributed by atoms with van der Waals surface area (Å²) in [6.07, 6.45) is -0.234. The molecule has 1 aromatic heterocycles. The normalized spacial score (nSPS) is 10.4. The smallest absolute Gasteiger partial charge is 0.401 e. The van der Waals surface area contributed by atoms with Gasteiger partial charge in [0.05, 0.1) is 0 Å². The lowest BCUT2D eigenvalue weighted by Gasteiger charge is -1.99. The molecule has 2 rings (SSSR count). The van der Waals surface area contributed by atoms with Crippen molar-refractivity contribution in [3.05, 3.63) is 41.7 Å². The van der Waals surface area contributed by atoms with Crippen molar-refractivity contribution in [2.24, 2.45) is 0 Å². The Bertz CT molecular complexity index is 606. The highest BCUT2D eigenvalue weighted by Gasteiger charge is 2.19. The van der Waals surface area contributed by atoms with Crippen molar-refractivity contribution in [3.8, 4) is 0 Å². The van der Waals surface area contributed by atoms with Gasteiger partial charge in [0.15, 0.2) is 5.69 Å². The Labute approximate surface area is 96.3 Å². The second-order valence-corrected chi connectivity index (χ2v) is 3.62. The summed E-state index contributed by atoms with van der Waals surface area (Å²) >= 11 is 0. The number of rotatable bonds is 3. The largest absolute Gasteiger partial charge is 0.481 e. The van der Waals surface area contributed by atoms with Crippen molar-refractivity contribution >= 4 is 22.7 Å². The first-order chi connectivity index (χ1) is 8.08. The van der Waals surface area contributed by atoms with Crippen LogP contribution in [0, 0.1) is 0 Å². The fourth-order valence-corrected chi connectivity index (χ4v) is 1.73. The van der Waals surface area contributed by atoms with Gasteiger partial charge in [0.1, 0.15) is 6.42 Å². The van der Waals surface area contributed by atoms with Crippen molar-refractivity contribution in [1.82, 2.24) is 0 Å². The lowest BCUT2D eigenvalue weighted by atomic mass is 10.1. The number of pyridine rings is 1. The molecule has 0 saturated carbocycles. The van der Waals surface area contributed by atoms with E-state index in [1.165, 1.54) is 6.07 Å². The second-order valence-electron chi connectivity index (χ2n) is 3.62. The van der Waals surface area contributed by atoms with Gasteiger partial charge >= 0.3 is 11.9 Å². The zero-order chi connectivity index (χ0) is 12.4. The molecule has 0 aliphatic carbocycles. The van der Waals surface area contributed by atoms with Gasteiger partial charge in [-0.3, -0.25) is 4.79 Å². The van der Waals surface area contributed by atoms with Gasteiger partial charge < -0.3 is 10.2 Å². The van der Waals surface area contributed by atoms with Crippen LogP contribution in [0.3, 0.4) is 0 Å². The van der Waals surface area contributed by atoms with Gasteiger partial charge in [0, 0.05) is 11.5 Å². The molecule has 3 N–H and O–H groups in total. The van der Waals surface area contributed by atoms with Gasteiger partial charge in [0.25, 0.3) is 5.69 Å². The number of hydrogen-bond donors (Lipinski definition) is 2. The van der Waals surface area contributed by atoms with Crippen LogP contribution in [-0.4, -0.2) is 22.2 Å². The molecule has 0 fully saturated rings. The minimum Gasteiger partial charge on any atom is -0.481 e. The van der Waals surface area contributed by atoms with Crippen LogP contribution in [0.2, 0.25) is 0 Å². The minimum absolute atomic E-state index is 0.0139. The first-order valence-electron chi connectivity index (χ1n) is 4.97. The number of aliphatic carboxylic acids is 1. The molecule has 1 heterocycles. The molecule has 0 spiro atoms. The lowest BCUT2D eigenvalue weighted by Crippen LogP contribution is -2.23. The summed E-state index contributed by atoms with van der Waals surface area (Å²) in [5.74, 6) is -2.11. The Hall–Kier alpha value is -2.43. The van der Waals surface area contributed by atoms with Crippen LogP contribution >= 0.6 is 0 Å². The number of aromatic carboxylic acids is 1. The number of nitrogens with one attached hydrogen (secondary N) is 1. The highest BCUT2D eigenvalue weighted by molar-refractivity contribution is 5.92. The molecular formula is C12H10NO4+. The third-order valence-corrected chi connectivity index (χ3v) is 2.43. The quantitative estimate of drug-likeness (QED) is 0.825. The van der Waals surface area contributed by atoms with E-state index in [0.717, 1.165) is 5.39 Å². The molecule has 2 aromatic rings. The Balaban J connectivity index is 2.68. The van der Waals surface area contributed by atoms with E-state index < -0.39 is 11.9 Å². The Morgan fingerprint density at radius 3 is 2.53 bits per heavy atom. The Morgan fingerprint density at radius 2 is 1.88 bits per heavy atom. The zero-order valence-corrected chi connectivity index (χ0v) is 8.80. The van der Waals surface area contributed by atoms with E-state index in [1.54, 1.807) is 24.3 Å². The molecule has 0 atom stereocenters.